The monoisotopic (exact) mass is 355 g/mol. The number of amides is 1. The second-order valence-electron chi connectivity index (χ2n) is 5.67. The van der Waals surface area contributed by atoms with Crippen LogP contribution in [-0.2, 0) is 11.2 Å². The molecule has 3 aromatic rings. The van der Waals surface area contributed by atoms with Gasteiger partial charge in [-0.1, -0.05) is 17.7 Å². The molecule has 0 fully saturated rings. The normalized spacial score (nSPS) is 11.9. The summed E-state index contributed by atoms with van der Waals surface area (Å²) in [7, 11) is 0. The van der Waals surface area contributed by atoms with E-state index in [0.717, 1.165) is 11.3 Å². The van der Waals surface area contributed by atoms with Crippen molar-refractivity contribution in [2.24, 2.45) is 0 Å². The quantitative estimate of drug-likeness (QED) is 0.719. The van der Waals surface area contributed by atoms with Crippen LogP contribution in [0.5, 0.6) is 0 Å². The Morgan fingerprint density at radius 2 is 2.00 bits per heavy atom. The van der Waals surface area contributed by atoms with E-state index >= 15 is 0 Å². The average Bonchev–Trinajstić information content (AvgIpc) is 3.10. The van der Waals surface area contributed by atoms with E-state index in [9.17, 15) is 4.79 Å². The maximum atomic E-state index is 12.1. The highest BCUT2D eigenvalue weighted by molar-refractivity contribution is 6.30. The summed E-state index contributed by atoms with van der Waals surface area (Å²) in [4.78, 5) is 20.6. The SMILES string of the molecule is CC(NC(=O)CCc1ncc(-c2ccc(Cl)cc2)o1)c1ccccn1. The molecule has 0 saturated carbocycles. The maximum absolute atomic E-state index is 12.1. The molecular weight excluding hydrogens is 338 g/mol. The fourth-order valence-corrected chi connectivity index (χ4v) is 2.54. The van der Waals surface area contributed by atoms with Gasteiger partial charge in [-0.15, -0.1) is 0 Å². The Morgan fingerprint density at radius 3 is 2.72 bits per heavy atom. The molecule has 0 aliphatic carbocycles. The standard InChI is InChI=1S/C19H18ClN3O2/c1-13(16-4-2-3-11-21-16)23-18(24)9-10-19-22-12-17(25-19)14-5-7-15(20)8-6-14/h2-8,11-13H,9-10H2,1H3,(H,23,24). The molecule has 1 atom stereocenters. The smallest absolute Gasteiger partial charge is 0.221 e. The van der Waals surface area contributed by atoms with Crippen molar-refractivity contribution in [3.63, 3.8) is 0 Å². The molecule has 6 heteroatoms. The minimum atomic E-state index is -0.136. The van der Waals surface area contributed by atoms with Crippen molar-refractivity contribution in [2.75, 3.05) is 0 Å². The molecule has 0 aliphatic rings. The van der Waals surface area contributed by atoms with Crippen LogP contribution in [0.2, 0.25) is 5.02 Å². The van der Waals surface area contributed by atoms with E-state index in [4.69, 9.17) is 16.0 Å². The van der Waals surface area contributed by atoms with Crippen LogP contribution >= 0.6 is 11.6 Å². The molecule has 0 saturated heterocycles. The lowest BCUT2D eigenvalue weighted by Gasteiger charge is -2.12. The third kappa shape index (κ3) is 4.67. The molecule has 128 valence electrons. The molecule has 0 aliphatic heterocycles. The van der Waals surface area contributed by atoms with Gasteiger partial charge in [-0.2, -0.15) is 0 Å². The largest absolute Gasteiger partial charge is 0.441 e. The van der Waals surface area contributed by atoms with Crippen LogP contribution in [0, 0.1) is 0 Å². The predicted octanol–water partition coefficient (Wildman–Crippen LogP) is 4.20. The van der Waals surface area contributed by atoms with E-state index in [1.54, 1.807) is 24.5 Å². The zero-order valence-corrected chi connectivity index (χ0v) is 14.5. The van der Waals surface area contributed by atoms with E-state index in [1.165, 1.54) is 0 Å². The van der Waals surface area contributed by atoms with Crippen LogP contribution in [0.1, 0.15) is 31.0 Å². The lowest BCUT2D eigenvalue weighted by atomic mass is 10.2. The number of pyridine rings is 1. The number of aryl methyl sites for hydroxylation is 1. The zero-order valence-electron chi connectivity index (χ0n) is 13.8. The van der Waals surface area contributed by atoms with E-state index < -0.39 is 0 Å². The van der Waals surface area contributed by atoms with Crippen LogP contribution < -0.4 is 5.32 Å². The van der Waals surface area contributed by atoms with Crippen molar-refractivity contribution < 1.29 is 9.21 Å². The molecule has 1 N–H and O–H groups in total. The Kier molecular flexibility index (Phi) is 5.46. The Balaban J connectivity index is 1.53. The lowest BCUT2D eigenvalue weighted by molar-refractivity contribution is -0.121. The van der Waals surface area contributed by atoms with Gasteiger partial charge < -0.3 is 9.73 Å². The number of halogens is 1. The molecule has 2 aromatic heterocycles. The van der Waals surface area contributed by atoms with Gasteiger partial charge in [0.1, 0.15) is 0 Å². The Morgan fingerprint density at radius 1 is 1.20 bits per heavy atom. The van der Waals surface area contributed by atoms with Gasteiger partial charge in [0.05, 0.1) is 17.9 Å². The first-order valence-corrected chi connectivity index (χ1v) is 8.40. The van der Waals surface area contributed by atoms with Crippen molar-refractivity contribution >= 4 is 17.5 Å². The minimum Gasteiger partial charge on any atom is -0.441 e. The number of carbonyl (C=O) groups excluding carboxylic acids is 1. The number of nitrogens with zero attached hydrogens (tertiary/aromatic N) is 2. The average molecular weight is 356 g/mol. The summed E-state index contributed by atoms with van der Waals surface area (Å²) >= 11 is 5.88. The number of nitrogens with one attached hydrogen (secondary N) is 1. The zero-order chi connectivity index (χ0) is 17.6. The minimum absolute atomic E-state index is 0.0654. The fourth-order valence-electron chi connectivity index (χ4n) is 2.41. The van der Waals surface area contributed by atoms with Crippen molar-refractivity contribution in [1.29, 1.82) is 0 Å². The number of aromatic nitrogens is 2. The van der Waals surface area contributed by atoms with Crippen LogP contribution in [0.25, 0.3) is 11.3 Å². The van der Waals surface area contributed by atoms with Crippen molar-refractivity contribution in [1.82, 2.24) is 15.3 Å². The van der Waals surface area contributed by atoms with Gasteiger partial charge in [0.15, 0.2) is 11.7 Å². The van der Waals surface area contributed by atoms with Crippen molar-refractivity contribution in [3.05, 3.63) is 71.5 Å². The molecule has 1 unspecified atom stereocenters. The summed E-state index contributed by atoms with van der Waals surface area (Å²) in [6.07, 6.45) is 4.11. The topological polar surface area (TPSA) is 68.0 Å². The highest BCUT2D eigenvalue weighted by Crippen LogP contribution is 2.22. The molecule has 25 heavy (non-hydrogen) atoms. The van der Waals surface area contributed by atoms with Crippen LogP contribution in [0.4, 0.5) is 0 Å². The van der Waals surface area contributed by atoms with Crippen molar-refractivity contribution in [3.8, 4) is 11.3 Å². The van der Waals surface area contributed by atoms with Gasteiger partial charge in [-0.25, -0.2) is 4.98 Å². The molecule has 1 amide bonds. The summed E-state index contributed by atoms with van der Waals surface area (Å²) in [6.45, 7) is 1.91. The van der Waals surface area contributed by atoms with Gasteiger partial charge in [0, 0.05) is 29.6 Å². The third-order valence-electron chi connectivity index (χ3n) is 3.76. The predicted molar refractivity (Wildman–Crippen MR) is 96.1 cm³/mol. The molecule has 0 spiro atoms. The summed E-state index contributed by atoms with van der Waals surface area (Å²) < 4.78 is 5.70. The van der Waals surface area contributed by atoms with Crippen LogP contribution in [0.3, 0.4) is 0 Å². The molecule has 2 heterocycles. The summed E-state index contributed by atoms with van der Waals surface area (Å²) in [6, 6.07) is 12.8. The first-order chi connectivity index (χ1) is 12.1. The Bertz CT molecular complexity index is 831. The number of hydrogen-bond donors (Lipinski definition) is 1. The van der Waals surface area contributed by atoms with Gasteiger partial charge >= 0.3 is 0 Å². The number of rotatable bonds is 6. The molecule has 1 aromatic carbocycles. The molecular formula is C19H18ClN3O2. The number of oxazole rings is 1. The van der Waals surface area contributed by atoms with Gasteiger partial charge in [-0.05, 0) is 43.3 Å². The third-order valence-corrected chi connectivity index (χ3v) is 4.01. The van der Waals surface area contributed by atoms with Crippen molar-refractivity contribution in [2.45, 2.75) is 25.8 Å². The number of carbonyl (C=O) groups is 1. The van der Waals surface area contributed by atoms with Crippen LogP contribution in [-0.4, -0.2) is 15.9 Å². The first-order valence-electron chi connectivity index (χ1n) is 8.03. The lowest BCUT2D eigenvalue weighted by Crippen LogP contribution is -2.27. The summed E-state index contributed by atoms with van der Waals surface area (Å²) in [5.41, 5.74) is 1.73. The van der Waals surface area contributed by atoms with Crippen LogP contribution in [0.15, 0.2) is 59.3 Å². The van der Waals surface area contributed by atoms with E-state index in [-0.39, 0.29) is 11.9 Å². The summed E-state index contributed by atoms with van der Waals surface area (Å²) in [5.74, 6) is 1.13. The Hall–Kier alpha value is -2.66. The second kappa shape index (κ2) is 7.94. The maximum Gasteiger partial charge on any atom is 0.221 e. The summed E-state index contributed by atoms with van der Waals surface area (Å²) in [5, 5.41) is 3.59. The molecule has 3 rings (SSSR count). The fraction of sp³-hybridized carbons (Fsp3) is 0.211. The number of hydrogen-bond acceptors (Lipinski definition) is 4. The van der Waals surface area contributed by atoms with E-state index in [2.05, 4.69) is 15.3 Å². The van der Waals surface area contributed by atoms with Gasteiger partial charge in [0.25, 0.3) is 0 Å². The van der Waals surface area contributed by atoms with E-state index in [0.29, 0.717) is 29.5 Å². The van der Waals surface area contributed by atoms with Gasteiger partial charge in [-0.3, -0.25) is 9.78 Å². The van der Waals surface area contributed by atoms with E-state index in [1.807, 2.05) is 37.3 Å². The Labute approximate surface area is 151 Å². The second-order valence-corrected chi connectivity index (χ2v) is 6.11. The first kappa shape index (κ1) is 17.2. The molecule has 5 nitrogen and oxygen atoms in total. The highest BCUT2D eigenvalue weighted by atomic mass is 35.5. The highest BCUT2D eigenvalue weighted by Gasteiger charge is 2.12. The molecule has 0 bridgehead atoms. The van der Waals surface area contributed by atoms with Gasteiger partial charge in [0.2, 0.25) is 5.91 Å². The molecule has 0 radical (unpaired) electrons. The number of benzene rings is 1.